The highest BCUT2D eigenvalue weighted by molar-refractivity contribution is 6.38. The third kappa shape index (κ3) is 31.5. The Morgan fingerprint density at radius 2 is 0.551 bits per heavy atom. The Labute approximate surface area is 832 Å². The lowest BCUT2D eigenvalue weighted by molar-refractivity contribution is -0.114. The van der Waals surface area contributed by atoms with Crippen LogP contribution in [0.15, 0.2) is 382 Å². The lowest BCUT2D eigenvalue weighted by Crippen LogP contribution is -2.27. The van der Waals surface area contributed by atoms with E-state index >= 15 is 0 Å². The zero-order valence-corrected chi connectivity index (χ0v) is 88.7. The molecule has 0 heterocycles. The van der Waals surface area contributed by atoms with Crippen LogP contribution in [0.2, 0.25) is 20.1 Å². The van der Waals surface area contributed by atoms with E-state index in [0.717, 1.165) is 158 Å². The SMILES string of the molecule is CC(=NC=C1C=C(C(C)(C)C)C(=O)C(C(C)(C)C)=C1)c1ccc(C)cc1.CC(=NC=C1C=C(C(C)(C)C)C(=O)C(C(C)(C)C)=C1)c1ccc(Cl)cc1Cl.CC(C)(C)C1=CC(=CN=C(Cc2ccccc2)c2ccccc2)C=C(C(C)(C)C)C1=O.CC(C)(C)C1=CC(=CN=C(c2ccccc2)c2ccccc2)C=C(C(C)(C)C)C1=O.CCC(=NC=C1C=C(C)C(=O)C(C)=C1)c1ccc(Cl)cc1Cl. The van der Waals surface area contributed by atoms with Gasteiger partial charge in [0.05, 0.1) is 21.5 Å². The average molecular weight is 1900 g/mol. The molecule has 0 bridgehead atoms. The fraction of sp³-hybridized carbons (Fsp3) is 0.328. The van der Waals surface area contributed by atoms with E-state index < -0.39 is 0 Å². The molecule has 0 amide bonds. The quantitative estimate of drug-likeness (QED) is 0.0995. The normalized spacial score (nSPS) is 15.7. The molecule has 0 aromatic heterocycles. The van der Waals surface area contributed by atoms with Gasteiger partial charge in [-0.25, -0.2) is 0 Å². The van der Waals surface area contributed by atoms with Crippen molar-refractivity contribution < 1.29 is 24.0 Å². The number of hydrogen-bond donors (Lipinski definition) is 0. The van der Waals surface area contributed by atoms with Gasteiger partial charge in [0.25, 0.3) is 0 Å². The Bertz CT molecular complexity index is 6120. The summed E-state index contributed by atoms with van der Waals surface area (Å²) in [7, 11) is 0. The fourth-order valence-electron chi connectivity index (χ4n) is 15.2. The third-order valence-corrected chi connectivity index (χ3v) is 24.2. The molecular weight excluding hydrogens is 1760 g/mol. The van der Waals surface area contributed by atoms with Crippen LogP contribution in [0, 0.1) is 50.2 Å². The summed E-state index contributed by atoms with van der Waals surface area (Å²) in [6.45, 7) is 61.6. The van der Waals surface area contributed by atoms with Crippen molar-refractivity contribution in [3.05, 3.63) is 422 Å². The van der Waals surface area contributed by atoms with Crippen LogP contribution < -0.4 is 0 Å². The number of carbonyl (C=O) groups excluding carboxylic acids is 5. The summed E-state index contributed by atoms with van der Waals surface area (Å²) in [5, 5.41) is 2.35. The molecule has 0 unspecified atom stereocenters. The summed E-state index contributed by atoms with van der Waals surface area (Å²) in [4.78, 5) is 87.6. The van der Waals surface area contributed by atoms with Crippen LogP contribution in [0.1, 0.15) is 252 Å². The Morgan fingerprint density at radius 3 is 0.860 bits per heavy atom. The molecule has 0 N–H and O–H groups in total. The van der Waals surface area contributed by atoms with Crippen LogP contribution in [0.25, 0.3) is 0 Å². The number of allylic oxidation sites excluding steroid dienone is 25. The standard InChI is InChI=1S/C29H33NO.C28H31NO.C24H31NO.C23H27Cl2NO.C18H17Cl2NO/c1-28(2,3)24-17-22(18-25(27(24)31)29(4,5)6)20-30-26(23-15-11-8-12-16-23)19-21-13-9-7-10-14-21;1-27(2,3)23-17-20(18-24(26(23)30)28(4,5)6)19-29-25(21-13-9-7-10-14-21)22-15-11-8-12-16-22;1-16-9-11-19(12-10-16)17(2)25-15-18-13-20(23(3,4)5)22(26)21(14-18)24(6,7)8;1-14(17-9-8-16(24)12-20(17)25)26-13-15-10-18(22(2,3)4)21(27)19(11-15)23(5,6)7;1-4-17(15-6-5-14(19)9-16(15)20)21-10-13-7-11(2)18(22)12(3)8-13/h7-18,20H,19H2,1-6H3;7-19H,1-6H3;9-15H,1-8H3;8-13H,1-7H3;5-10H,4H2,1-3H3. The molecule has 0 atom stereocenters. The van der Waals surface area contributed by atoms with E-state index in [0.29, 0.717) is 20.1 Å². The van der Waals surface area contributed by atoms with Gasteiger partial charge < -0.3 is 0 Å². The molecule has 0 saturated heterocycles. The number of halogens is 4. The Hall–Kier alpha value is -11.5. The monoisotopic (exact) mass is 1890 g/mol. The Kier molecular flexibility index (Phi) is 37.6. The van der Waals surface area contributed by atoms with Crippen molar-refractivity contribution in [2.24, 2.45) is 68.3 Å². The molecule has 5 aliphatic rings. The zero-order chi connectivity index (χ0) is 101. The second kappa shape index (κ2) is 46.6. The van der Waals surface area contributed by atoms with Crippen molar-refractivity contribution in [2.75, 3.05) is 0 Å². The van der Waals surface area contributed by atoms with Crippen molar-refractivity contribution in [1.82, 2.24) is 0 Å². The van der Waals surface area contributed by atoms with Crippen LogP contribution in [0.5, 0.6) is 0 Å². The van der Waals surface area contributed by atoms with Crippen LogP contribution in [-0.2, 0) is 30.4 Å². The summed E-state index contributed by atoms with van der Waals surface area (Å²) in [6, 6.07) is 60.2. The van der Waals surface area contributed by atoms with Crippen LogP contribution in [0.3, 0.4) is 0 Å². The number of benzene rings is 7. The largest absolute Gasteiger partial charge is 0.289 e. The number of aryl methyl sites for hydroxylation is 1. The second-order valence-electron chi connectivity index (χ2n) is 43.2. The minimum Gasteiger partial charge on any atom is -0.289 e. The zero-order valence-electron chi connectivity index (χ0n) is 85.7. The van der Waals surface area contributed by atoms with Crippen LogP contribution in [-0.4, -0.2) is 57.5 Å². The number of carbonyl (C=O) groups is 5. The van der Waals surface area contributed by atoms with E-state index in [9.17, 15) is 24.0 Å². The highest BCUT2D eigenvalue weighted by atomic mass is 35.5. The van der Waals surface area contributed by atoms with E-state index in [2.05, 4.69) is 273 Å². The second-order valence-corrected chi connectivity index (χ2v) is 44.9. The molecule has 0 saturated carbocycles. The van der Waals surface area contributed by atoms with E-state index in [1.807, 2.05) is 187 Å². The topological polar surface area (TPSA) is 147 Å². The summed E-state index contributed by atoms with van der Waals surface area (Å²) < 4.78 is 0. The number of rotatable bonds is 14. The van der Waals surface area contributed by atoms with E-state index in [1.165, 1.54) is 11.1 Å². The lowest BCUT2D eigenvalue weighted by atomic mass is 9.72. The Balaban J connectivity index is 0.000000210. The molecule has 136 heavy (non-hydrogen) atoms. The van der Waals surface area contributed by atoms with Gasteiger partial charge in [-0.3, -0.25) is 48.9 Å². The van der Waals surface area contributed by atoms with Gasteiger partial charge in [-0.15, -0.1) is 0 Å². The van der Waals surface area contributed by atoms with E-state index in [-0.39, 0.29) is 72.2 Å². The van der Waals surface area contributed by atoms with Gasteiger partial charge >= 0.3 is 0 Å². The van der Waals surface area contributed by atoms with E-state index in [4.69, 9.17) is 56.4 Å². The molecule has 0 fully saturated rings. The smallest absolute Gasteiger partial charge is 0.186 e. The molecule has 10 nitrogen and oxygen atoms in total. The summed E-state index contributed by atoms with van der Waals surface area (Å²) in [5.74, 6) is 0.642. The van der Waals surface area contributed by atoms with Gasteiger partial charge in [0.2, 0.25) is 0 Å². The predicted octanol–water partition coefficient (Wildman–Crippen LogP) is 33.0. The molecule has 7 aromatic rings. The molecule has 0 aliphatic heterocycles. The highest BCUT2D eigenvalue weighted by Crippen LogP contribution is 2.44. The first-order chi connectivity index (χ1) is 63.2. The highest BCUT2D eigenvalue weighted by Gasteiger charge is 2.39. The molecule has 7 aromatic carbocycles. The molecular formula is C122H139Cl4N5O5. The van der Waals surface area contributed by atoms with Crippen molar-refractivity contribution in [3.63, 3.8) is 0 Å². The molecule has 710 valence electrons. The van der Waals surface area contributed by atoms with Gasteiger partial charge in [-0.05, 0) is 225 Å². The van der Waals surface area contributed by atoms with E-state index in [1.54, 1.807) is 36.7 Å². The molecule has 14 heteroatoms. The van der Waals surface area contributed by atoms with Crippen molar-refractivity contribution in [3.8, 4) is 0 Å². The van der Waals surface area contributed by atoms with Gasteiger partial charge in [0, 0.05) is 131 Å². The summed E-state index contributed by atoms with van der Waals surface area (Å²) >= 11 is 24.4. The van der Waals surface area contributed by atoms with Crippen LogP contribution >= 0.6 is 46.4 Å². The van der Waals surface area contributed by atoms with Gasteiger partial charge in [-0.2, -0.15) is 0 Å². The van der Waals surface area contributed by atoms with Gasteiger partial charge in [0.15, 0.2) is 28.9 Å². The first-order valence-electron chi connectivity index (χ1n) is 46.6. The average Bonchev–Trinajstić information content (AvgIpc) is 0.791. The van der Waals surface area contributed by atoms with Gasteiger partial charge in [0.1, 0.15) is 0 Å². The fourth-order valence-corrected chi connectivity index (χ4v) is 16.2. The predicted molar refractivity (Wildman–Crippen MR) is 580 cm³/mol. The molecule has 0 radical (unpaired) electrons. The minimum absolute atomic E-state index is 0.0811. The number of Topliss-reactive ketones (excluding diaryl/α,β-unsaturated/α-hetero) is 5. The lowest BCUT2D eigenvalue weighted by Gasteiger charge is -2.31. The maximum Gasteiger partial charge on any atom is 0.186 e. The maximum absolute atomic E-state index is 13.2. The first kappa shape index (κ1) is 110. The minimum atomic E-state index is -0.237. The number of hydrogen-bond acceptors (Lipinski definition) is 10. The third-order valence-electron chi connectivity index (χ3n) is 23.1. The van der Waals surface area contributed by atoms with Crippen molar-refractivity contribution >= 4 is 104 Å². The first-order valence-corrected chi connectivity index (χ1v) is 48.1. The molecule has 5 aliphatic carbocycles. The number of aliphatic imine (C=N–C) groups is 5. The van der Waals surface area contributed by atoms with Crippen molar-refractivity contribution in [1.29, 1.82) is 0 Å². The number of nitrogens with zero attached hydrogens (tertiary/aromatic N) is 5. The molecule has 12 rings (SSSR count). The maximum atomic E-state index is 13.2. The van der Waals surface area contributed by atoms with Crippen LogP contribution in [0.4, 0.5) is 0 Å². The summed E-state index contributed by atoms with van der Waals surface area (Å²) in [5.41, 5.74) is 24.1. The van der Waals surface area contributed by atoms with Crippen molar-refractivity contribution in [2.45, 2.75) is 221 Å². The van der Waals surface area contributed by atoms with Gasteiger partial charge in [-0.1, -0.05) is 383 Å². The molecule has 0 spiro atoms. The summed E-state index contributed by atoms with van der Waals surface area (Å²) in [6.07, 6.45) is 30.3. The number of ketones is 5. The Morgan fingerprint density at radius 1 is 0.279 bits per heavy atom.